The van der Waals surface area contributed by atoms with Crippen LogP contribution < -0.4 is 38.9 Å². The number of pyridine rings is 1. The highest BCUT2D eigenvalue weighted by molar-refractivity contribution is 7.19. The van der Waals surface area contributed by atoms with Crippen molar-refractivity contribution in [3.05, 3.63) is 286 Å². The summed E-state index contributed by atoms with van der Waals surface area (Å²) in [6.45, 7) is 64.6. The van der Waals surface area contributed by atoms with E-state index in [1.807, 2.05) is 117 Å². The van der Waals surface area contributed by atoms with E-state index in [2.05, 4.69) is 372 Å². The number of nitrogens with zero attached hydrogens (tertiary/aromatic N) is 10. The van der Waals surface area contributed by atoms with Crippen LogP contribution in [-0.4, -0.2) is 103 Å². The summed E-state index contributed by atoms with van der Waals surface area (Å²) in [7, 11) is 0. The normalized spacial score (nSPS) is 13.4. The summed E-state index contributed by atoms with van der Waals surface area (Å²) in [5.74, 6) is 7.35. The lowest BCUT2D eigenvalue weighted by atomic mass is 9.85. The number of furan rings is 1. The number of oxazole rings is 1. The van der Waals surface area contributed by atoms with Gasteiger partial charge in [0.2, 0.25) is 5.89 Å². The first-order valence-corrected chi connectivity index (χ1v) is 47.5. The largest absolute Gasteiger partial charge is 0.461 e. The van der Waals surface area contributed by atoms with Crippen LogP contribution in [0.2, 0.25) is 0 Å². The van der Waals surface area contributed by atoms with Gasteiger partial charge in [0.05, 0.1) is 43.5 Å². The second-order valence-electron chi connectivity index (χ2n) is 44.3. The second kappa shape index (κ2) is 41.1. The van der Waals surface area contributed by atoms with Crippen LogP contribution in [0.25, 0.3) is 86.6 Å². The van der Waals surface area contributed by atoms with E-state index in [0.717, 1.165) is 90.5 Å². The molecule has 0 bridgehead atoms. The molecule has 6 aromatic carbocycles. The molecule has 2 aliphatic rings. The Morgan fingerprint density at radius 2 is 0.949 bits per heavy atom. The third kappa shape index (κ3) is 27.5. The van der Waals surface area contributed by atoms with Gasteiger partial charge in [0.25, 0.3) is 11.1 Å². The zero-order valence-electron chi connectivity index (χ0n) is 84.6. The summed E-state index contributed by atoms with van der Waals surface area (Å²) in [5, 5.41) is 11.3. The Labute approximate surface area is 803 Å². The average Bonchev–Trinajstić information content (AvgIpc) is 1.61. The van der Waals surface area contributed by atoms with Gasteiger partial charge in [-0.1, -0.05) is 299 Å². The van der Waals surface area contributed by atoms with Crippen molar-refractivity contribution in [2.45, 2.75) is 269 Å². The minimum absolute atomic E-state index is 0.000694. The van der Waals surface area contributed by atoms with Crippen molar-refractivity contribution < 1.29 is 8.83 Å². The van der Waals surface area contributed by atoms with Crippen molar-refractivity contribution in [3.8, 4) is 0 Å². The summed E-state index contributed by atoms with van der Waals surface area (Å²) in [5.41, 5.74) is 16.8. The van der Waals surface area contributed by atoms with E-state index in [9.17, 15) is 19.2 Å². The van der Waals surface area contributed by atoms with Crippen LogP contribution >= 0.6 is 22.7 Å². The minimum atomic E-state index is -0.542. The maximum atomic E-state index is 11.5. The maximum Gasteiger partial charge on any atom is 0.327 e. The molecule has 29 heteroatoms. The highest BCUT2D eigenvalue weighted by Gasteiger charge is 2.34. The maximum absolute atomic E-state index is 11.5. The fraction of sp³-hybridized carbons (Fsp3) is 0.402. The van der Waals surface area contributed by atoms with E-state index in [1.54, 1.807) is 17.5 Å². The van der Waals surface area contributed by atoms with Crippen LogP contribution in [0.5, 0.6) is 0 Å². The first kappa shape index (κ1) is 103. The summed E-state index contributed by atoms with van der Waals surface area (Å²) in [4.78, 5) is 112. The van der Waals surface area contributed by atoms with E-state index >= 15 is 0 Å². The first-order valence-electron chi connectivity index (χ1n) is 45.9. The number of fused-ring (bicyclic) bond motifs is 10. The van der Waals surface area contributed by atoms with Crippen LogP contribution in [0.15, 0.2) is 216 Å². The number of aromatic amines is 8. The molecule has 0 spiro atoms. The number of thiophene rings is 1. The van der Waals surface area contributed by atoms with E-state index in [0.29, 0.717) is 47.3 Å². The Balaban J connectivity index is 0.000000145. The molecule has 18 aromatic rings. The fourth-order valence-electron chi connectivity index (χ4n) is 13.4. The molecule has 0 radical (unpaired) electrons. The quantitative estimate of drug-likeness (QED) is 0.0672. The zero-order chi connectivity index (χ0) is 99.8. The molecule has 718 valence electrons. The lowest BCUT2D eigenvalue weighted by Gasteiger charge is -2.26. The van der Waals surface area contributed by atoms with Gasteiger partial charge in [-0.05, 0) is 100.0 Å². The smallest absolute Gasteiger partial charge is 0.327 e. The zero-order valence-corrected chi connectivity index (χ0v) is 86.3. The second-order valence-corrected chi connectivity index (χ2v) is 46.4. The fourth-order valence-corrected chi connectivity index (χ4v) is 15.5. The van der Waals surface area contributed by atoms with Crippen molar-refractivity contribution in [2.75, 3.05) is 17.3 Å². The van der Waals surface area contributed by atoms with Crippen molar-refractivity contribution in [1.82, 2.24) is 84.7 Å². The molecule has 12 N–H and O–H groups in total. The molecule has 0 aliphatic carbocycles. The number of anilines is 2. The highest BCUT2D eigenvalue weighted by atomic mass is 32.1. The molecule has 27 nitrogen and oxygen atoms in total. The van der Waals surface area contributed by atoms with Gasteiger partial charge < -0.3 is 45.1 Å². The molecule has 2 aliphatic heterocycles. The molecule has 12 aromatic heterocycles. The van der Waals surface area contributed by atoms with Crippen LogP contribution in [0.3, 0.4) is 0 Å². The topological polar surface area (TPSA) is 399 Å². The SMILES string of the molecule is CC(C)(C)C1Cc2c([nH]c(=O)[nH]c2=O)N1.CC(C)(C)c1cc2ccccc2o1.CC(C)(C)c1cc2ccccc2s1.CC(C)(C)c1cnc2ccccc2c1.CC(C)(C)c1nc2[nH]c(=O)[nH]c(=O)c2[nH]1.CC(C)(C)c1nc2c([nH]1)C(N)=NCN2.CC(C)(C)c1nc2ccccc2[nH]1.CC(C)(C)c1nc2ccccc2o1.CC(C)(C)c1nc2ccccc2s1.CC(C)(C)c1nc2ncncc2[nH]1. The van der Waals surface area contributed by atoms with Crippen molar-refractivity contribution in [3.63, 3.8) is 0 Å². The van der Waals surface area contributed by atoms with E-state index in [4.69, 9.17) is 14.6 Å². The molecule has 1 atom stereocenters. The Morgan fingerprint density at radius 3 is 1.51 bits per heavy atom. The summed E-state index contributed by atoms with van der Waals surface area (Å²) >= 11 is 3.70. The molecule has 14 heterocycles. The number of hydrogen-bond acceptors (Lipinski definition) is 21. The number of thiazole rings is 1. The number of benzene rings is 6. The van der Waals surface area contributed by atoms with E-state index in [1.165, 1.54) is 47.3 Å². The number of nitrogens with two attached hydrogens (primary N) is 1. The Kier molecular flexibility index (Phi) is 31.2. The predicted molar refractivity (Wildman–Crippen MR) is 563 cm³/mol. The van der Waals surface area contributed by atoms with Crippen molar-refractivity contribution in [1.29, 1.82) is 0 Å². The van der Waals surface area contributed by atoms with Crippen LogP contribution in [0.1, 0.15) is 269 Å². The van der Waals surface area contributed by atoms with Gasteiger partial charge >= 0.3 is 11.4 Å². The van der Waals surface area contributed by atoms with Gasteiger partial charge in [-0.3, -0.25) is 34.5 Å². The van der Waals surface area contributed by atoms with Gasteiger partial charge in [0.1, 0.15) is 81.5 Å². The van der Waals surface area contributed by atoms with Crippen LogP contribution in [-0.2, 0) is 55.2 Å². The average molecular weight is 1880 g/mol. The number of hydrogen-bond donors (Lipinski definition) is 11. The van der Waals surface area contributed by atoms with Gasteiger partial charge in [-0.25, -0.2) is 54.5 Å². The number of amidine groups is 1. The number of nitrogens with one attached hydrogen (secondary N) is 10. The number of imidazole rings is 4. The number of aliphatic imine (C=N–C) groups is 1. The van der Waals surface area contributed by atoms with Gasteiger partial charge in [0.15, 0.2) is 22.7 Å². The van der Waals surface area contributed by atoms with Gasteiger partial charge in [-0.15, -0.1) is 22.7 Å². The summed E-state index contributed by atoms with van der Waals surface area (Å²) < 4.78 is 14.0. The third-order valence-electron chi connectivity index (χ3n) is 21.7. The predicted octanol–water partition coefficient (Wildman–Crippen LogP) is 24.2. The van der Waals surface area contributed by atoms with Crippen molar-refractivity contribution >= 4 is 127 Å². The standard InChI is InChI=1S/C13H15N.C12H14O.C12H14S.C11H14N2.C11H13NO.C11H13NS.C10H15N3O2.C9H15N5.C9H12N4O2.C9H12N4/c1-13(2,3)11-8-10-6-4-5-7-12(10)14-9-11;2*1-12(2,3)11-8-9-6-4-5-7-10(9)13-11;3*1-11(2,3)10-12-8-6-4-5-7-9(8)13-10;1-10(2,3)6-4-5-7(11-6)12-9(15)13-8(5)14;1-9(2,3)8-13-5-6(10)11-4-12-7(5)14-8;1-9(2,3)7-10-4-5(11-7)12-8(15)13-6(4)14;1-9(2,3)8-12-6-4-10-5-11-7(6)13-8/h4-9H,1-3H3;2*4-8H,1-3H3;4-7H,1-3H3,(H,12,13);2*4-7H,1-3H3;6H,4H2,1-3H3,(H3,11,12,13,14,15);12H,4H2,1-3H3,(H2,10,11)(H,13,14);1-3H3,(H3,10,11,12,13,14,15);4-5H,1-3H3,(H,10,11,12,13). The molecule has 0 saturated carbocycles. The number of para-hydroxylation sites is 7. The highest BCUT2D eigenvalue weighted by Crippen LogP contribution is 2.37. The molecular formula is C107H137N21O6S2. The molecule has 0 saturated heterocycles. The molecule has 136 heavy (non-hydrogen) atoms. The van der Waals surface area contributed by atoms with Gasteiger partial charge in [0, 0.05) is 76.9 Å². The summed E-state index contributed by atoms with van der Waals surface area (Å²) in [6.07, 6.45) is 5.88. The lowest BCUT2D eigenvalue weighted by molar-refractivity contribution is 0.347. The van der Waals surface area contributed by atoms with Gasteiger partial charge in [-0.2, -0.15) is 0 Å². The summed E-state index contributed by atoms with van der Waals surface area (Å²) in [6, 6.07) is 56.0. The van der Waals surface area contributed by atoms with Crippen LogP contribution in [0, 0.1) is 5.41 Å². The molecule has 0 fully saturated rings. The van der Waals surface area contributed by atoms with Crippen LogP contribution in [0.4, 0.5) is 11.6 Å². The molecule has 0 amide bonds. The molecule has 1 unspecified atom stereocenters. The first-order chi connectivity index (χ1) is 63.2. The minimum Gasteiger partial charge on any atom is -0.461 e. The third-order valence-corrected chi connectivity index (χ3v) is 24.7. The Morgan fingerprint density at radius 1 is 0.404 bits per heavy atom. The lowest BCUT2D eigenvalue weighted by Crippen LogP contribution is -2.32. The van der Waals surface area contributed by atoms with Crippen molar-refractivity contribution in [2.24, 2.45) is 16.1 Å². The Hall–Kier alpha value is -13.3. The van der Waals surface area contributed by atoms with E-state index < -0.39 is 16.9 Å². The molecule has 20 rings (SSSR count). The number of rotatable bonds is 0. The molecular weight excluding hydrogens is 1740 g/mol. The Bertz CT molecular complexity index is 6540. The monoisotopic (exact) mass is 1880 g/mol. The number of aromatic nitrogens is 17. The number of H-pyrrole nitrogens is 8. The van der Waals surface area contributed by atoms with E-state index in [-0.39, 0.29) is 65.8 Å².